The Bertz CT molecular complexity index is 2590. The zero-order valence-electron chi connectivity index (χ0n) is 42.9. The van der Waals surface area contributed by atoms with Crippen LogP contribution < -0.4 is 9.47 Å². The first-order valence-electron chi connectivity index (χ1n) is 24.1. The van der Waals surface area contributed by atoms with E-state index in [1.165, 1.54) is 6.92 Å². The number of nitrogens with zero attached hydrogens (tertiary/aromatic N) is 2. The van der Waals surface area contributed by atoms with Gasteiger partial charge < -0.3 is 28.2 Å². The second-order valence-electron chi connectivity index (χ2n) is 12.8. The Hall–Kier alpha value is -7.53. The van der Waals surface area contributed by atoms with Crippen LogP contribution in [-0.4, -0.2) is 39.4 Å². The van der Waals surface area contributed by atoms with Crippen molar-refractivity contribution in [2.24, 2.45) is 0 Å². The van der Waals surface area contributed by atoms with Crippen LogP contribution in [0.15, 0.2) is 167 Å². The molecule has 384 valence electrons. The van der Waals surface area contributed by atoms with Crippen molar-refractivity contribution in [2.45, 2.75) is 123 Å². The molecule has 0 saturated heterocycles. The molecule has 8 rings (SSSR count). The van der Waals surface area contributed by atoms with Crippen molar-refractivity contribution in [3.8, 4) is 34.4 Å². The lowest BCUT2D eigenvalue weighted by molar-refractivity contribution is -0.156. The minimum absolute atomic E-state index is 0. The van der Waals surface area contributed by atoms with Crippen LogP contribution in [0.3, 0.4) is 0 Å². The van der Waals surface area contributed by atoms with E-state index in [2.05, 4.69) is 9.97 Å². The van der Waals surface area contributed by atoms with Gasteiger partial charge in [0.25, 0.3) is 5.78 Å². The third-order valence-corrected chi connectivity index (χ3v) is 8.93. The van der Waals surface area contributed by atoms with Gasteiger partial charge in [0, 0.05) is 11.1 Å². The second-order valence-corrected chi connectivity index (χ2v) is 12.8. The van der Waals surface area contributed by atoms with E-state index in [0.717, 1.165) is 5.52 Å². The van der Waals surface area contributed by atoms with Crippen LogP contribution in [0, 0.1) is 0 Å². The van der Waals surface area contributed by atoms with Crippen molar-refractivity contribution in [1.29, 1.82) is 0 Å². The lowest BCUT2D eigenvalue weighted by Crippen LogP contribution is -2.38. The Morgan fingerprint density at radius 1 is 0.535 bits per heavy atom. The molecule has 6 aromatic carbocycles. The van der Waals surface area contributed by atoms with Crippen molar-refractivity contribution < 1.29 is 42.5 Å². The summed E-state index contributed by atoms with van der Waals surface area (Å²) in [5.74, 6) is -1.30. The number of aromatic nitrogens is 2. The minimum atomic E-state index is -1.55. The molecule has 0 aliphatic carbocycles. The van der Waals surface area contributed by atoms with Gasteiger partial charge in [-0.15, -0.1) is 0 Å². The van der Waals surface area contributed by atoms with Gasteiger partial charge in [0.05, 0.1) is 17.7 Å². The maximum atomic E-state index is 12.8. The fraction of sp³-hybridized carbons (Fsp3) is 0.317. The van der Waals surface area contributed by atoms with Gasteiger partial charge in [0.1, 0.15) is 22.5 Å². The lowest BCUT2D eigenvalue weighted by atomic mass is 9.95. The summed E-state index contributed by atoms with van der Waals surface area (Å²) >= 11 is 0. The van der Waals surface area contributed by atoms with E-state index in [1.54, 1.807) is 91.9 Å². The zero-order chi connectivity index (χ0) is 51.8. The second kappa shape index (κ2) is 36.5. The molecule has 11 heteroatoms. The minimum Gasteiger partial charge on any atom is -0.478 e. The number of carbonyl (C=O) groups is 3. The number of carboxylic acid groups (broad SMARTS) is 1. The molecule has 11 nitrogen and oxygen atoms in total. The highest BCUT2D eigenvalue weighted by molar-refractivity contribution is 6.35. The number of benzene rings is 6. The Kier molecular flexibility index (Phi) is 33.7. The van der Waals surface area contributed by atoms with E-state index in [9.17, 15) is 19.5 Å². The Labute approximate surface area is 424 Å². The largest absolute Gasteiger partial charge is 0.478 e. The van der Waals surface area contributed by atoms with E-state index < -0.39 is 29.4 Å². The first-order valence-corrected chi connectivity index (χ1v) is 24.1. The maximum absolute atomic E-state index is 12.8. The van der Waals surface area contributed by atoms with Gasteiger partial charge in [0.2, 0.25) is 17.4 Å². The van der Waals surface area contributed by atoms with Gasteiger partial charge in [0.15, 0.2) is 17.3 Å². The molecule has 0 spiro atoms. The van der Waals surface area contributed by atoms with Gasteiger partial charge in [-0.05, 0) is 62.4 Å². The van der Waals surface area contributed by atoms with Crippen LogP contribution in [0.1, 0.15) is 129 Å². The number of carbonyl (C=O) groups excluding carboxylic acids is 2. The monoisotopic (exact) mass is 973 g/mol. The average Bonchev–Trinajstić information content (AvgIpc) is 4.07. The summed E-state index contributed by atoms with van der Waals surface area (Å²) in [6.45, 7) is 27.3. The van der Waals surface area contributed by atoms with Crippen molar-refractivity contribution in [3.05, 3.63) is 169 Å². The molecule has 0 radical (unpaired) electrons. The molecule has 2 aromatic heterocycles. The highest BCUT2D eigenvalue weighted by Crippen LogP contribution is 2.37. The molecule has 0 aliphatic rings. The summed E-state index contributed by atoms with van der Waals surface area (Å²) in [6, 6.07) is 46.8. The molecule has 0 saturated carbocycles. The lowest BCUT2D eigenvalue weighted by Gasteiger charge is -2.27. The zero-order valence-corrected chi connectivity index (χ0v) is 42.9. The van der Waals surface area contributed by atoms with Crippen LogP contribution in [0.25, 0.3) is 45.1 Å². The van der Waals surface area contributed by atoms with Crippen molar-refractivity contribution in [2.75, 3.05) is 6.61 Å². The number of rotatable bonds is 12. The molecule has 0 bridgehead atoms. The van der Waals surface area contributed by atoms with E-state index in [4.69, 9.17) is 23.0 Å². The van der Waals surface area contributed by atoms with Gasteiger partial charge in [-0.25, -0.2) is 19.6 Å². The summed E-state index contributed by atoms with van der Waals surface area (Å²) in [5, 5.41) is 9.86. The summed E-state index contributed by atoms with van der Waals surface area (Å²) in [4.78, 5) is 46.0. The van der Waals surface area contributed by atoms with Crippen LogP contribution in [0.2, 0.25) is 0 Å². The molecule has 2 atom stereocenters. The summed E-state index contributed by atoms with van der Waals surface area (Å²) in [6.07, 6.45) is -1.16. The van der Waals surface area contributed by atoms with E-state index in [-0.39, 0.29) is 21.5 Å². The molecular weight excluding hydrogens is 893 g/mol. The standard InChI is InChI=1S/C24H19NO5.C22H17NO4.6C2H6.2CH4/c1-2-28-24(27)21(26)22(16-10-4-3-5-11-16)29-19-14-8-6-12-17(19)23-25-18-13-7-9-15-20(18)30-23;1-22(21(24)25,15-9-3-2-4-10-15)27-18-13-7-5-11-16(18)20-23-17-12-6-8-14-19(17)26-20;6*1-2;;/h3-15,22H,2H2,1H3;2-14H,1H3,(H,24,25);6*1-2H3;2*1H4. The Balaban J connectivity index is 0. The van der Waals surface area contributed by atoms with Crippen molar-refractivity contribution in [3.63, 3.8) is 0 Å². The first-order chi connectivity index (χ1) is 33.7. The van der Waals surface area contributed by atoms with Crippen LogP contribution in [0.5, 0.6) is 11.5 Å². The Morgan fingerprint density at radius 3 is 1.35 bits per heavy atom. The number of aliphatic carboxylic acids is 1. The number of ketones is 1. The molecule has 0 aliphatic heterocycles. The molecule has 71 heavy (non-hydrogen) atoms. The first kappa shape index (κ1) is 65.6. The highest BCUT2D eigenvalue weighted by atomic mass is 16.5. The molecule has 2 heterocycles. The predicted molar refractivity (Wildman–Crippen MR) is 294 cm³/mol. The maximum Gasteiger partial charge on any atom is 0.379 e. The Morgan fingerprint density at radius 2 is 0.915 bits per heavy atom. The quantitative estimate of drug-likeness (QED) is 0.0920. The number of Topliss-reactive ketones (excluding diaryl/α,β-unsaturated/α-hetero) is 1. The molecule has 1 N–H and O–H groups in total. The SMILES string of the molecule is C.C.CC.CC.CC.CC.CC.CC.CC(Oc1ccccc1-c1nc2ccccc2o1)(C(=O)O)c1ccccc1.CCOC(=O)C(=O)C(Oc1ccccc1-c1nc2ccccc2o1)c1ccccc1. The number of hydrogen-bond donors (Lipinski definition) is 1. The number of ether oxygens (including phenoxy) is 3. The molecule has 2 unspecified atom stereocenters. The number of fused-ring (bicyclic) bond motifs is 2. The summed E-state index contributed by atoms with van der Waals surface area (Å²) in [7, 11) is 0. The van der Waals surface area contributed by atoms with Crippen LogP contribution in [-0.2, 0) is 24.7 Å². The van der Waals surface area contributed by atoms with Crippen LogP contribution >= 0.6 is 0 Å². The number of hydrogen-bond acceptors (Lipinski definition) is 10. The van der Waals surface area contributed by atoms with Gasteiger partial charge in [-0.1, -0.05) is 207 Å². The number of carboxylic acids is 1. The normalized spacial score (nSPS) is 10.5. The summed E-state index contributed by atoms with van der Waals surface area (Å²) in [5.41, 5.74) is 3.45. The van der Waals surface area contributed by atoms with Crippen molar-refractivity contribution in [1.82, 2.24) is 9.97 Å². The van der Waals surface area contributed by atoms with E-state index in [0.29, 0.717) is 62.2 Å². The van der Waals surface area contributed by atoms with E-state index >= 15 is 0 Å². The highest BCUT2D eigenvalue weighted by Gasteiger charge is 2.39. The third kappa shape index (κ3) is 18.1. The fourth-order valence-corrected chi connectivity index (χ4v) is 5.99. The smallest absolute Gasteiger partial charge is 0.379 e. The molecule has 0 amide bonds. The van der Waals surface area contributed by atoms with E-state index in [1.807, 2.05) is 156 Å². The molecule has 0 fully saturated rings. The van der Waals surface area contributed by atoms with Gasteiger partial charge in [-0.3, -0.25) is 4.79 Å². The number of esters is 1. The average molecular weight is 973 g/mol. The molecule has 8 aromatic rings. The third-order valence-electron chi connectivity index (χ3n) is 8.93. The fourth-order valence-electron chi connectivity index (χ4n) is 5.99. The van der Waals surface area contributed by atoms with Crippen molar-refractivity contribution >= 4 is 39.9 Å². The number of para-hydroxylation sites is 6. The number of oxazole rings is 2. The predicted octanol–water partition coefficient (Wildman–Crippen LogP) is 17.1. The topological polar surface area (TPSA) is 151 Å². The van der Waals surface area contributed by atoms with Crippen LogP contribution in [0.4, 0.5) is 0 Å². The van der Waals surface area contributed by atoms with Gasteiger partial charge >= 0.3 is 11.9 Å². The molecular formula is C60H80N2O9. The summed E-state index contributed by atoms with van der Waals surface area (Å²) < 4.78 is 28.7. The van der Waals surface area contributed by atoms with Gasteiger partial charge in [-0.2, -0.15) is 0 Å².